The van der Waals surface area contributed by atoms with Crippen LogP contribution in [0.15, 0.2) is 12.1 Å². The Kier molecular flexibility index (Phi) is 5.29. The smallest absolute Gasteiger partial charge is 0.129 e. The molecule has 0 spiro atoms. The highest BCUT2D eigenvalue weighted by atomic mass is 19.1. The van der Waals surface area contributed by atoms with Crippen molar-refractivity contribution < 1.29 is 4.39 Å². The van der Waals surface area contributed by atoms with Gasteiger partial charge in [0.1, 0.15) is 5.82 Å². The summed E-state index contributed by atoms with van der Waals surface area (Å²) in [5.74, 6) is -0.0897. The Morgan fingerprint density at radius 3 is 2.11 bits per heavy atom. The molecule has 0 radical (unpaired) electrons. The average Bonchev–Trinajstić information content (AvgIpc) is 2.23. The monoisotopic (exact) mass is 252 g/mol. The van der Waals surface area contributed by atoms with E-state index in [4.69, 9.17) is 0 Å². The van der Waals surface area contributed by atoms with Crippen LogP contribution in [-0.2, 0) is 6.54 Å². The van der Waals surface area contributed by atoms with Gasteiger partial charge in [-0.3, -0.25) is 0 Å². The SMILES string of the molecule is Cc1cc(CNCCNC(C)(C)C)cc(C)c1F. The summed E-state index contributed by atoms with van der Waals surface area (Å²) < 4.78 is 13.5. The number of rotatable bonds is 5. The van der Waals surface area contributed by atoms with Crippen LogP contribution in [0, 0.1) is 19.7 Å². The first-order valence-electron chi connectivity index (χ1n) is 6.51. The molecular weight excluding hydrogens is 227 g/mol. The average molecular weight is 252 g/mol. The fourth-order valence-corrected chi connectivity index (χ4v) is 1.90. The lowest BCUT2D eigenvalue weighted by Gasteiger charge is -2.20. The van der Waals surface area contributed by atoms with Gasteiger partial charge in [0.25, 0.3) is 0 Å². The Balaban J connectivity index is 2.36. The minimum absolute atomic E-state index is 0.0897. The van der Waals surface area contributed by atoms with Gasteiger partial charge in [-0.1, -0.05) is 12.1 Å². The number of aryl methyl sites for hydroxylation is 2. The lowest BCUT2D eigenvalue weighted by molar-refractivity contribution is 0.421. The van der Waals surface area contributed by atoms with Crippen molar-refractivity contribution in [3.63, 3.8) is 0 Å². The Labute approximate surface area is 110 Å². The van der Waals surface area contributed by atoms with Crippen LogP contribution in [0.2, 0.25) is 0 Å². The predicted octanol–water partition coefficient (Wildman–Crippen LogP) is 2.92. The Bertz CT molecular complexity index is 371. The first-order valence-corrected chi connectivity index (χ1v) is 6.51. The standard InChI is InChI=1S/C15H25FN2/c1-11-8-13(9-12(2)14(11)16)10-17-6-7-18-15(3,4)5/h8-9,17-18H,6-7,10H2,1-5H3. The van der Waals surface area contributed by atoms with E-state index < -0.39 is 0 Å². The number of nitrogens with one attached hydrogen (secondary N) is 2. The molecule has 1 aromatic carbocycles. The van der Waals surface area contributed by atoms with Gasteiger partial charge in [-0.15, -0.1) is 0 Å². The third kappa shape index (κ3) is 5.15. The summed E-state index contributed by atoms with van der Waals surface area (Å²) >= 11 is 0. The van der Waals surface area contributed by atoms with Crippen molar-refractivity contribution in [2.45, 2.75) is 46.7 Å². The van der Waals surface area contributed by atoms with Crippen LogP contribution in [0.5, 0.6) is 0 Å². The molecule has 3 heteroatoms. The molecule has 0 saturated heterocycles. The fourth-order valence-electron chi connectivity index (χ4n) is 1.90. The van der Waals surface area contributed by atoms with Crippen molar-refractivity contribution in [3.8, 4) is 0 Å². The van der Waals surface area contributed by atoms with Crippen LogP contribution in [0.25, 0.3) is 0 Å². The van der Waals surface area contributed by atoms with Gasteiger partial charge in [0.05, 0.1) is 0 Å². The molecule has 0 atom stereocenters. The summed E-state index contributed by atoms with van der Waals surface area (Å²) in [5.41, 5.74) is 2.74. The summed E-state index contributed by atoms with van der Waals surface area (Å²) in [6.07, 6.45) is 0. The van der Waals surface area contributed by atoms with Crippen molar-refractivity contribution in [2.75, 3.05) is 13.1 Å². The lowest BCUT2D eigenvalue weighted by atomic mass is 10.1. The maximum absolute atomic E-state index is 13.5. The molecular formula is C15H25FN2. The van der Waals surface area contributed by atoms with E-state index >= 15 is 0 Å². The molecule has 18 heavy (non-hydrogen) atoms. The fraction of sp³-hybridized carbons (Fsp3) is 0.600. The molecule has 0 aliphatic rings. The molecule has 0 fully saturated rings. The van der Waals surface area contributed by atoms with E-state index in [1.807, 2.05) is 26.0 Å². The zero-order valence-corrected chi connectivity index (χ0v) is 12.2. The molecule has 102 valence electrons. The maximum atomic E-state index is 13.5. The van der Waals surface area contributed by atoms with E-state index in [9.17, 15) is 4.39 Å². The van der Waals surface area contributed by atoms with Gasteiger partial charge in [-0.05, 0) is 51.3 Å². The van der Waals surface area contributed by atoms with Crippen LogP contribution < -0.4 is 10.6 Å². The first kappa shape index (κ1) is 15.1. The van der Waals surface area contributed by atoms with Crippen LogP contribution >= 0.6 is 0 Å². The Hall–Kier alpha value is -0.930. The van der Waals surface area contributed by atoms with E-state index in [1.165, 1.54) is 0 Å². The third-order valence-electron chi connectivity index (χ3n) is 2.78. The van der Waals surface area contributed by atoms with Gasteiger partial charge >= 0.3 is 0 Å². The van der Waals surface area contributed by atoms with Crippen LogP contribution in [0.4, 0.5) is 4.39 Å². The molecule has 0 heterocycles. The van der Waals surface area contributed by atoms with Crippen LogP contribution in [-0.4, -0.2) is 18.6 Å². The van der Waals surface area contributed by atoms with E-state index in [2.05, 4.69) is 31.4 Å². The number of hydrogen-bond donors (Lipinski definition) is 2. The second kappa shape index (κ2) is 6.30. The minimum Gasteiger partial charge on any atom is -0.311 e. The van der Waals surface area contributed by atoms with E-state index in [1.54, 1.807) is 0 Å². The molecule has 0 aromatic heterocycles. The lowest BCUT2D eigenvalue weighted by Crippen LogP contribution is -2.40. The molecule has 0 unspecified atom stereocenters. The highest BCUT2D eigenvalue weighted by Gasteiger charge is 2.07. The summed E-state index contributed by atoms with van der Waals surface area (Å²) in [6.45, 7) is 12.7. The van der Waals surface area contributed by atoms with Crippen molar-refractivity contribution in [1.29, 1.82) is 0 Å². The van der Waals surface area contributed by atoms with Gasteiger partial charge in [0.15, 0.2) is 0 Å². The predicted molar refractivity (Wildman–Crippen MR) is 75.3 cm³/mol. The van der Waals surface area contributed by atoms with Crippen LogP contribution in [0.3, 0.4) is 0 Å². The Morgan fingerprint density at radius 1 is 1.06 bits per heavy atom. The summed E-state index contributed by atoms with van der Waals surface area (Å²) in [7, 11) is 0. The van der Waals surface area contributed by atoms with Gasteiger partial charge < -0.3 is 10.6 Å². The van der Waals surface area contributed by atoms with Gasteiger partial charge in [-0.25, -0.2) is 4.39 Å². The normalized spacial score (nSPS) is 11.9. The van der Waals surface area contributed by atoms with Crippen molar-refractivity contribution in [1.82, 2.24) is 10.6 Å². The van der Waals surface area contributed by atoms with E-state index in [-0.39, 0.29) is 11.4 Å². The second-order valence-electron chi connectivity index (χ2n) is 5.90. The molecule has 0 saturated carbocycles. The molecule has 0 aliphatic heterocycles. The maximum Gasteiger partial charge on any atom is 0.129 e. The molecule has 1 aromatic rings. The third-order valence-corrected chi connectivity index (χ3v) is 2.78. The van der Waals surface area contributed by atoms with Crippen molar-refractivity contribution in [3.05, 3.63) is 34.6 Å². The van der Waals surface area contributed by atoms with Crippen molar-refractivity contribution >= 4 is 0 Å². The van der Waals surface area contributed by atoms with Gasteiger partial charge in [-0.2, -0.15) is 0 Å². The topological polar surface area (TPSA) is 24.1 Å². The quantitative estimate of drug-likeness (QED) is 0.787. The summed E-state index contributed by atoms with van der Waals surface area (Å²) in [5, 5.41) is 6.78. The van der Waals surface area contributed by atoms with E-state index in [0.717, 1.165) is 36.3 Å². The largest absolute Gasteiger partial charge is 0.311 e. The highest BCUT2D eigenvalue weighted by Crippen LogP contribution is 2.14. The van der Waals surface area contributed by atoms with Gasteiger partial charge in [0.2, 0.25) is 0 Å². The van der Waals surface area contributed by atoms with Crippen molar-refractivity contribution in [2.24, 2.45) is 0 Å². The molecule has 1 rings (SSSR count). The second-order valence-corrected chi connectivity index (χ2v) is 5.90. The van der Waals surface area contributed by atoms with Gasteiger partial charge in [0, 0.05) is 25.2 Å². The molecule has 2 nitrogen and oxygen atoms in total. The Morgan fingerprint density at radius 2 is 1.61 bits per heavy atom. The first-order chi connectivity index (χ1) is 8.29. The van der Waals surface area contributed by atoms with E-state index in [0.29, 0.717) is 0 Å². The van der Waals surface area contributed by atoms with Crippen LogP contribution in [0.1, 0.15) is 37.5 Å². The summed E-state index contributed by atoms with van der Waals surface area (Å²) in [4.78, 5) is 0. The molecule has 2 N–H and O–H groups in total. The number of halogens is 1. The number of hydrogen-bond acceptors (Lipinski definition) is 2. The number of benzene rings is 1. The highest BCUT2D eigenvalue weighted by molar-refractivity contribution is 5.30. The molecule has 0 bridgehead atoms. The molecule has 0 amide bonds. The zero-order valence-electron chi connectivity index (χ0n) is 12.2. The zero-order chi connectivity index (χ0) is 13.8. The summed E-state index contributed by atoms with van der Waals surface area (Å²) in [6, 6.07) is 3.82. The molecule has 0 aliphatic carbocycles. The minimum atomic E-state index is -0.0897.